The number of aromatic hydroxyl groups is 1. The van der Waals surface area contributed by atoms with E-state index >= 15 is 0 Å². The van der Waals surface area contributed by atoms with Crippen LogP contribution in [0.1, 0.15) is 16.1 Å². The molecule has 3 rings (SSSR count). The van der Waals surface area contributed by atoms with E-state index < -0.39 is 5.91 Å². The van der Waals surface area contributed by atoms with E-state index in [2.05, 4.69) is 31.6 Å². The van der Waals surface area contributed by atoms with Crippen LogP contribution in [-0.2, 0) is 7.05 Å². The molecule has 2 aromatic carbocycles. The number of carbonyl (C=O) groups excluding carboxylic acids is 1. The molecule has 1 amide bonds. The number of fused-ring (bicyclic) bond motifs is 1. The SMILES string of the molecule is Cn1cc(Br)c(C(=O)N/N=C/c2c(O)ccc3ccccc23)n1. The second-order valence-corrected chi connectivity index (χ2v) is 5.77. The second-order valence-electron chi connectivity index (χ2n) is 4.92. The zero-order valence-electron chi connectivity index (χ0n) is 12.2. The molecular formula is C16H13BrN4O2. The van der Waals surface area contributed by atoms with E-state index in [4.69, 9.17) is 0 Å². The van der Waals surface area contributed by atoms with Crippen LogP contribution in [0, 0.1) is 0 Å². The average Bonchev–Trinajstić information content (AvgIpc) is 2.88. The minimum atomic E-state index is -0.437. The fraction of sp³-hybridized carbons (Fsp3) is 0.0625. The first kappa shape index (κ1) is 15.2. The highest BCUT2D eigenvalue weighted by molar-refractivity contribution is 9.10. The first-order valence-corrected chi connectivity index (χ1v) is 7.59. The maximum absolute atomic E-state index is 12.0. The van der Waals surface area contributed by atoms with Crippen molar-refractivity contribution in [2.24, 2.45) is 12.1 Å². The minimum absolute atomic E-state index is 0.0979. The van der Waals surface area contributed by atoms with Gasteiger partial charge in [0, 0.05) is 18.8 Å². The number of carbonyl (C=O) groups is 1. The molecule has 0 aliphatic heterocycles. The van der Waals surface area contributed by atoms with Gasteiger partial charge in [0.1, 0.15) is 5.75 Å². The predicted octanol–water partition coefficient (Wildman–Crippen LogP) is 2.81. The predicted molar refractivity (Wildman–Crippen MR) is 91.6 cm³/mol. The Bertz CT molecular complexity index is 918. The van der Waals surface area contributed by atoms with Crippen molar-refractivity contribution in [2.75, 3.05) is 0 Å². The summed E-state index contributed by atoms with van der Waals surface area (Å²) in [5.74, 6) is -0.339. The van der Waals surface area contributed by atoms with E-state index in [1.54, 1.807) is 19.3 Å². The summed E-state index contributed by atoms with van der Waals surface area (Å²) in [6.45, 7) is 0. The molecule has 0 saturated carbocycles. The van der Waals surface area contributed by atoms with Crippen molar-refractivity contribution in [3.8, 4) is 5.75 Å². The highest BCUT2D eigenvalue weighted by atomic mass is 79.9. The molecule has 0 bridgehead atoms. The van der Waals surface area contributed by atoms with E-state index in [-0.39, 0.29) is 11.4 Å². The zero-order valence-corrected chi connectivity index (χ0v) is 13.8. The highest BCUT2D eigenvalue weighted by Crippen LogP contribution is 2.25. The van der Waals surface area contributed by atoms with Gasteiger partial charge in [-0.3, -0.25) is 9.48 Å². The standard InChI is InChI=1S/C16H13BrN4O2/c1-21-9-13(17)15(20-21)16(23)19-18-8-12-11-5-3-2-4-10(11)6-7-14(12)22/h2-9,22H,1H3,(H,19,23)/b18-8+. The van der Waals surface area contributed by atoms with Gasteiger partial charge in [0.15, 0.2) is 5.69 Å². The lowest BCUT2D eigenvalue weighted by Crippen LogP contribution is -2.19. The Kier molecular flexibility index (Phi) is 4.12. The fourth-order valence-electron chi connectivity index (χ4n) is 2.24. The quantitative estimate of drug-likeness (QED) is 0.547. The summed E-state index contributed by atoms with van der Waals surface area (Å²) >= 11 is 3.26. The van der Waals surface area contributed by atoms with Crippen LogP contribution in [0.4, 0.5) is 0 Å². The molecule has 1 aromatic heterocycles. The third kappa shape index (κ3) is 3.09. The monoisotopic (exact) mass is 372 g/mol. The Morgan fingerprint density at radius 2 is 2.13 bits per heavy atom. The molecule has 23 heavy (non-hydrogen) atoms. The molecule has 0 radical (unpaired) electrons. The van der Waals surface area contributed by atoms with E-state index in [0.29, 0.717) is 10.0 Å². The number of halogens is 1. The van der Waals surface area contributed by atoms with Crippen LogP contribution < -0.4 is 5.43 Å². The molecule has 0 spiro atoms. The molecule has 0 fully saturated rings. The van der Waals surface area contributed by atoms with Gasteiger partial charge in [0.2, 0.25) is 0 Å². The van der Waals surface area contributed by atoms with Crippen LogP contribution >= 0.6 is 15.9 Å². The van der Waals surface area contributed by atoms with Gasteiger partial charge in [-0.05, 0) is 32.8 Å². The molecule has 0 unspecified atom stereocenters. The molecular weight excluding hydrogens is 360 g/mol. The first-order chi connectivity index (χ1) is 11.1. The van der Waals surface area contributed by atoms with Gasteiger partial charge in [0.25, 0.3) is 5.91 Å². The van der Waals surface area contributed by atoms with Crippen molar-refractivity contribution in [2.45, 2.75) is 0 Å². The van der Waals surface area contributed by atoms with Crippen molar-refractivity contribution in [1.29, 1.82) is 0 Å². The number of nitrogens with one attached hydrogen (secondary N) is 1. The molecule has 0 saturated heterocycles. The number of benzene rings is 2. The molecule has 116 valence electrons. The smallest absolute Gasteiger partial charge is 0.293 e. The normalized spacial score (nSPS) is 11.2. The van der Waals surface area contributed by atoms with E-state index in [9.17, 15) is 9.90 Å². The number of nitrogens with zero attached hydrogens (tertiary/aromatic N) is 3. The summed E-state index contributed by atoms with van der Waals surface area (Å²) in [7, 11) is 1.72. The van der Waals surface area contributed by atoms with Gasteiger partial charge in [0.05, 0.1) is 10.7 Å². The van der Waals surface area contributed by atoms with Gasteiger partial charge in [-0.1, -0.05) is 30.3 Å². The lowest BCUT2D eigenvalue weighted by atomic mass is 10.0. The van der Waals surface area contributed by atoms with E-state index in [0.717, 1.165) is 10.8 Å². The van der Waals surface area contributed by atoms with E-state index in [1.807, 2.05) is 30.3 Å². The maximum atomic E-state index is 12.0. The maximum Gasteiger partial charge on any atom is 0.293 e. The van der Waals surface area contributed by atoms with Crippen molar-refractivity contribution in [1.82, 2.24) is 15.2 Å². The minimum Gasteiger partial charge on any atom is -0.507 e. The molecule has 0 aliphatic carbocycles. The Hall–Kier alpha value is -2.67. The van der Waals surface area contributed by atoms with Crippen molar-refractivity contribution < 1.29 is 9.90 Å². The molecule has 0 atom stereocenters. The molecule has 3 aromatic rings. The number of phenolic OH excluding ortho intramolecular Hbond substituents is 1. The summed E-state index contributed by atoms with van der Waals surface area (Å²) in [4.78, 5) is 12.0. The van der Waals surface area contributed by atoms with Crippen LogP contribution in [0.5, 0.6) is 5.75 Å². The molecule has 0 aliphatic rings. The number of aryl methyl sites for hydroxylation is 1. The number of aromatic nitrogens is 2. The number of hydrogen-bond donors (Lipinski definition) is 2. The number of phenols is 1. The molecule has 1 heterocycles. The fourth-order valence-corrected chi connectivity index (χ4v) is 2.80. The summed E-state index contributed by atoms with van der Waals surface area (Å²) in [5.41, 5.74) is 3.19. The topological polar surface area (TPSA) is 79.5 Å². The average molecular weight is 373 g/mol. The second kappa shape index (κ2) is 6.21. The van der Waals surface area contributed by atoms with Gasteiger partial charge in [-0.25, -0.2) is 5.43 Å². The van der Waals surface area contributed by atoms with Crippen LogP contribution in [0.2, 0.25) is 0 Å². The first-order valence-electron chi connectivity index (χ1n) is 6.79. The molecule has 2 N–H and O–H groups in total. The van der Waals surface area contributed by atoms with Crippen LogP contribution in [0.25, 0.3) is 10.8 Å². The van der Waals surface area contributed by atoms with Crippen molar-refractivity contribution in [3.05, 3.63) is 58.3 Å². The van der Waals surface area contributed by atoms with Gasteiger partial charge < -0.3 is 5.11 Å². The number of rotatable bonds is 3. The Labute approximate surface area is 140 Å². The van der Waals surface area contributed by atoms with Crippen molar-refractivity contribution in [3.63, 3.8) is 0 Å². The molecule has 6 nitrogen and oxygen atoms in total. The van der Waals surface area contributed by atoms with Crippen LogP contribution in [0.3, 0.4) is 0 Å². The van der Waals surface area contributed by atoms with Gasteiger partial charge in [-0.15, -0.1) is 0 Å². The summed E-state index contributed by atoms with van der Waals surface area (Å²) in [6, 6.07) is 11.0. The third-order valence-electron chi connectivity index (χ3n) is 3.31. The van der Waals surface area contributed by atoms with Gasteiger partial charge >= 0.3 is 0 Å². The lowest BCUT2D eigenvalue weighted by molar-refractivity contribution is 0.0948. The Balaban J connectivity index is 1.85. The van der Waals surface area contributed by atoms with Gasteiger partial charge in [-0.2, -0.15) is 10.2 Å². The highest BCUT2D eigenvalue weighted by Gasteiger charge is 2.13. The van der Waals surface area contributed by atoms with Crippen LogP contribution in [-0.4, -0.2) is 27.0 Å². The third-order valence-corrected chi connectivity index (χ3v) is 3.89. The molecule has 7 heteroatoms. The lowest BCUT2D eigenvalue weighted by Gasteiger charge is -2.04. The van der Waals surface area contributed by atoms with E-state index in [1.165, 1.54) is 10.9 Å². The zero-order chi connectivity index (χ0) is 16.4. The van der Waals surface area contributed by atoms with Crippen molar-refractivity contribution >= 4 is 38.8 Å². The Morgan fingerprint density at radius 3 is 2.87 bits per heavy atom. The van der Waals surface area contributed by atoms with Crippen LogP contribution in [0.15, 0.2) is 52.2 Å². The number of hydrogen-bond acceptors (Lipinski definition) is 4. The number of amides is 1. The summed E-state index contributed by atoms with van der Waals surface area (Å²) < 4.78 is 2.11. The summed E-state index contributed by atoms with van der Waals surface area (Å²) in [6.07, 6.45) is 3.10. The summed E-state index contributed by atoms with van der Waals surface area (Å²) in [5, 5.41) is 19.8. The Morgan fingerprint density at radius 1 is 1.35 bits per heavy atom. The number of hydrazone groups is 1. The largest absolute Gasteiger partial charge is 0.507 e.